The topological polar surface area (TPSA) is 25.8 Å². The molecule has 0 N–H and O–H groups in total. The summed E-state index contributed by atoms with van der Waals surface area (Å²) in [5, 5.41) is 7.49. The molecule has 0 bridgehead atoms. The van der Waals surface area contributed by atoms with E-state index in [4.69, 9.17) is 9.97 Å². The van der Waals surface area contributed by atoms with Gasteiger partial charge in [0.25, 0.3) is 0 Å². The van der Waals surface area contributed by atoms with E-state index in [1.54, 1.807) is 0 Å². The summed E-state index contributed by atoms with van der Waals surface area (Å²) in [6.07, 6.45) is 0. The van der Waals surface area contributed by atoms with Crippen molar-refractivity contribution in [1.82, 2.24) is 9.97 Å². The molecule has 0 saturated heterocycles. The molecular weight excluding hydrogens is 749 g/mol. The summed E-state index contributed by atoms with van der Waals surface area (Å²) < 4.78 is 0. The highest BCUT2D eigenvalue weighted by atomic mass is 14.9. The second kappa shape index (κ2) is 14.4. The Morgan fingerprint density at radius 2 is 0.935 bits per heavy atom. The fraction of sp³-hybridized carbons (Fsp3) is 0.0333. The second-order valence-corrected chi connectivity index (χ2v) is 16.6. The van der Waals surface area contributed by atoms with Crippen LogP contribution in [0.25, 0.3) is 99.6 Å². The Hall–Kier alpha value is -7.94. The Morgan fingerprint density at radius 3 is 1.77 bits per heavy atom. The van der Waals surface area contributed by atoms with Crippen LogP contribution in [0.1, 0.15) is 23.6 Å². The first kappa shape index (κ1) is 36.0. The normalized spacial score (nSPS) is 14.3. The van der Waals surface area contributed by atoms with Crippen molar-refractivity contribution in [3.05, 3.63) is 241 Å². The first-order chi connectivity index (χ1) is 30.6. The molecule has 0 saturated carbocycles. The van der Waals surface area contributed by atoms with Crippen LogP contribution in [-0.2, 0) is 5.41 Å². The Bertz CT molecular complexity index is 3520. The third kappa shape index (κ3) is 5.72. The molecule has 10 aromatic carbocycles. The lowest BCUT2D eigenvalue weighted by molar-refractivity contribution is 0.714. The van der Waals surface area contributed by atoms with E-state index < -0.39 is 0 Å². The van der Waals surface area contributed by atoms with Crippen LogP contribution in [0, 0.1) is 0 Å². The summed E-state index contributed by atoms with van der Waals surface area (Å²) in [7, 11) is 0. The van der Waals surface area contributed by atoms with Gasteiger partial charge in [-0.15, -0.1) is 0 Å². The van der Waals surface area contributed by atoms with E-state index in [9.17, 15) is 0 Å². The molecule has 0 aliphatic heterocycles. The maximum absolute atomic E-state index is 5.48. The summed E-state index contributed by atoms with van der Waals surface area (Å²) in [6, 6.07) is 81.2. The van der Waals surface area contributed by atoms with Crippen LogP contribution in [0.4, 0.5) is 0 Å². The first-order valence-corrected chi connectivity index (χ1v) is 21.4. The van der Waals surface area contributed by atoms with Crippen LogP contribution in [-0.4, -0.2) is 9.97 Å². The number of benzene rings is 10. The van der Waals surface area contributed by atoms with E-state index in [2.05, 4.69) is 231 Å². The highest BCUT2D eigenvalue weighted by Gasteiger charge is 2.41. The average Bonchev–Trinajstić information content (AvgIpc) is 3.62. The Kier molecular flexibility index (Phi) is 8.33. The zero-order chi connectivity index (χ0) is 41.2. The van der Waals surface area contributed by atoms with Gasteiger partial charge in [-0.25, -0.2) is 9.97 Å². The van der Waals surface area contributed by atoms with E-state index in [1.165, 1.54) is 71.3 Å². The lowest BCUT2D eigenvalue weighted by Crippen LogP contribution is -2.22. The third-order valence-electron chi connectivity index (χ3n) is 13.2. The van der Waals surface area contributed by atoms with Crippen molar-refractivity contribution in [2.75, 3.05) is 0 Å². The number of rotatable bonds is 6. The van der Waals surface area contributed by atoms with Crippen LogP contribution >= 0.6 is 0 Å². The second-order valence-electron chi connectivity index (χ2n) is 16.6. The molecule has 1 aliphatic carbocycles. The standard InChI is InChI=1S/C60H40N2/c1-60(46-22-6-3-7-23-46)53-28-13-12-26-50(53)58-51(27-15-29-54(58)60)56-38-55(45-21-14-20-43(36-45)39-16-4-2-5-17-39)61-59(62-56)42-32-30-41(31-33-42)57-48-25-11-9-19-44(48)37-52-47-24-10-8-18-40(47)34-35-49(52)57/h2-38H,1H3. The van der Waals surface area contributed by atoms with Gasteiger partial charge in [-0.3, -0.25) is 0 Å². The SMILES string of the molecule is CC1(c2ccccc2)c2ccccc2-c2c(-c3cc(-c4cccc(-c5ccccc5)c4)nc(-c4ccc(-c5c6ccccc6cc6c5ccc5ccccc56)cc4)n3)cccc21. The van der Waals surface area contributed by atoms with Crippen LogP contribution in [0.3, 0.4) is 0 Å². The van der Waals surface area contributed by atoms with E-state index in [0.29, 0.717) is 5.82 Å². The largest absolute Gasteiger partial charge is 0.228 e. The van der Waals surface area contributed by atoms with Crippen molar-refractivity contribution < 1.29 is 0 Å². The van der Waals surface area contributed by atoms with Crippen molar-refractivity contribution in [1.29, 1.82) is 0 Å². The van der Waals surface area contributed by atoms with Crippen molar-refractivity contribution in [3.8, 4) is 67.3 Å². The molecule has 1 aliphatic rings. The van der Waals surface area contributed by atoms with Crippen LogP contribution in [0.2, 0.25) is 0 Å². The van der Waals surface area contributed by atoms with Crippen LogP contribution < -0.4 is 0 Å². The number of aromatic nitrogens is 2. The summed E-state index contributed by atoms with van der Waals surface area (Å²) in [4.78, 5) is 10.8. The van der Waals surface area contributed by atoms with Crippen LogP contribution in [0.15, 0.2) is 224 Å². The molecule has 1 unspecified atom stereocenters. The van der Waals surface area contributed by atoms with E-state index in [1.807, 2.05) is 0 Å². The van der Waals surface area contributed by atoms with Gasteiger partial charge in [0, 0.05) is 22.1 Å². The molecule has 0 spiro atoms. The van der Waals surface area contributed by atoms with Gasteiger partial charge in [0.15, 0.2) is 5.82 Å². The summed E-state index contributed by atoms with van der Waals surface area (Å²) in [5.74, 6) is 0.692. The predicted octanol–water partition coefficient (Wildman–Crippen LogP) is 15.6. The Morgan fingerprint density at radius 1 is 0.323 bits per heavy atom. The molecule has 0 amide bonds. The van der Waals surface area contributed by atoms with Crippen molar-refractivity contribution in [2.24, 2.45) is 0 Å². The lowest BCUT2D eigenvalue weighted by atomic mass is 9.74. The maximum atomic E-state index is 5.48. The third-order valence-corrected chi connectivity index (χ3v) is 13.2. The lowest BCUT2D eigenvalue weighted by Gasteiger charge is -2.28. The molecule has 12 rings (SSSR count). The minimum absolute atomic E-state index is 0.320. The van der Waals surface area contributed by atoms with Gasteiger partial charge in [-0.05, 0) is 108 Å². The van der Waals surface area contributed by atoms with Gasteiger partial charge < -0.3 is 0 Å². The fourth-order valence-corrected chi connectivity index (χ4v) is 10.1. The van der Waals surface area contributed by atoms with Gasteiger partial charge in [-0.2, -0.15) is 0 Å². The molecule has 62 heavy (non-hydrogen) atoms. The zero-order valence-electron chi connectivity index (χ0n) is 34.3. The minimum atomic E-state index is -0.320. The summed E-state index contributed by atoms with van der Waals surface area (Å²) in [6.45, 7) is 2.37. The van der Waals surface area contributed by atoms with Gasteiger partial charge in [0.1, 0.15) is 0 Å². The number of hydrogen-bond donors (Lipinski definition) is 0. The van der Waals surface area contributed by atoms with Gasteiger partial charge in [-0.1, -0.05) is 206 Å². The van der Waals surface area contributed by atoms with E-state index in [0.717, 1.165) is 39.2 Å². The van der Waals surface area contributed by atoms with E-state index in [-0.39, 0.29) is 5.41 Å². The number of hydrogen-bond acceptors (Lipinski definition) is 2. The smallest absolute Gasteiger partial charge is 0.160 e. The van der Waals surface area contributed by atoms with Gasteiger partial charge >= 0.3 is 0 Å². The molecule has 2 nitrogen and oxygen atoms in total. The molecule has 1 atom stereocenters. The van der Waals surface area contributed by atoms with E-state index >= 15 is 0 Å². The zero-order valence-corrected chi connectivity index (χ0v) is 34.3. The highest BCUT2D eigenvalue weighted by molar-refractivity contribution is 6.20. The molecule has 2 heteroatoms. The minimum Gasteiger partial charge on any atom is -0.228 e. The Balaban J connectivity index is 1.05. The molecule has 290 valence electrons. The number of nitrogens with zero attached hydrogens (tertiary/aromatic N) is 2. The summed E-state index contributed by atoms with van der Waals surface area (Å²) in [5.41, 5.74) is 15.6. The number of fused-ring (bicyclic) bond motifs is 7. The monoisotopic (exact) mass is 788 g/mol. The summed E-state index contributed by atoms with van der Waals surface area (Å²) >= 11 is 0. The fourth-order valence-electron chi connectivity index (χ4n) is 10.1. The molecule has 1 aromatic heterocycles. The van der Waals surface area contributed by atoms with Gasteiger partial charge in [0.2, 0.25) is 0 Å². The van der Waals surface area contributed by atoms with Crippen molar-refractivity contribution in [3.63, 3.8) is 0 Å². The quantitative estimate of drug-likeness (QED) is 0.124. The van der Waals surface area contributed by atoms with Crippen molar-refractivity contribution >= 4 is 32.3 Å². The molecule has 0 fully saturated rings. The predicted molar refractivity (Wildman–Crippen MR) is 259 cm³/mol. The van der Waals surface area contributed by atoms with Crippen molar-refractivity contribution in [2.45, 2.75) is 12.3 Å². The first-order valence-electron chi connectivity index (χ1n) is 21.4. The molecular formula is C60H40N2. The average molecular weight is 789 g/mol. The van der Waals surface area contributed by atoms with Gasteiger partial charge in [0.05, 0.1) is 11.4 Å². The Labute approximate surface area is 361 Å². The highest BCUT2D eigenvalue weighted by Crippen LogP contribution is 2.55. The molecule has 0 radical (unpaired) electrons. The maximum Gasteiger partial charge on any atom is 0.160 e. The van der Waals surface area contributed by atoms with Crippen LogP contribution in [0.5, 0.6) is 0 Å². The molecule has 11 aromatic rings. The molecule has 1 heterocycles.